The first-order valence-corrected chi connectivity index (χ1v) is 4.80. The molecular weight excluding hydrogens is 407 g/mol. The molecule has 0 atom stereocenters. The topological polar surface area (TPSA) is 12.4 Å². The van der Waals surface area contributed by atoms with Gasteiger partial charge in [-0.3, -0.25) is 0 Å². The van der Waals surface area contributed by atoms with Gasteiger partial charge in [-0.15, -0.1) is 0 Å². The maximum atomic E-state index is 4.97. The summed E-state index contributed by atoms with van der Waals surface area (Å²) in [6.45, 7) is 11.0. The molecule has 0 saturated carbocycles. The molecule has 0 bridgehead atoms. The second-order valence-corrected chi connectivity index (χ2v) is 2.94. The van der Waals surface area contributed by atoms with Crippen LogP contribution in [0.1, 0.15) is 34.6 Å². The van der Waals surface area contributed by atoms with Crippen LogP contribution in [0.25, 0.3) is 0 Å². The van der Waals surface area contributed by atoms with Crippen molar-refractivity contribution in [2.24, 2.45) is 4.99 Å². The van der Waals surface area contributed by atoms with E-state index in [1.165, 1.54) is 29.5 Å². The molecule has 0 aromatic carbocycles. The van der Waals surface area contributed by atoms with Gasteiger partial charge in [0.15, 0.2) is 0 Å². The van der Waals surface area contributed by atoms with Crippen molar-refractivity contribution in [3.8, 4) is 0 Å². The van der Waals surface area contributed by atoms with Crippen molar-refractivity contribution in [1.82, 2.24) is 0 Å². The summed E-state index contributed by atoms with van der Waals surface area (Å²) in [6.07, 6.45) is 5.05. The Morgan fingerprint density at radius 2 is 1.92 bits per heavy atom. The molecule has 3 heteroatoms. The van der Waals surface area contributed by atoms with E-state index in [1.807, 2.05) is 13.8 Å². The molecule has 0 spiro atoms. The zero-order valence-corrected chi connectivity index (χ0v) is 14.1. The van der Waals surface area contributed by atoms with E-state index in [4.69, 9.17) is 6.58 Å². The van der Waals surface area contributed by atoms with E-state index >= 15 is 0 Å². The quantitative estimate of drug-likeness (QED) is 0.485. The Morgan fingerprint density at radius 3 is 2.15 bits per heavy atom. The second-order valence-electron chi connectivity index (χ2n) is 1.17. The smallest absolute Gasteiger partial charge is 0 e. The third-order valence-electron chi connectivity index (χ3n) is 0.585. The van der Waals surface area contributed by atoms with Gasteiger partial charge in [0, 0.05) is 32.7 Å². The maximum absolute atomic E-state index is 4.97. The largest absolute Gasteiger partial charge is 0.358 e. The molecule has 0 N–H and O–H groups in total. The Bertz CT molecular complexity index is 122. The first-order chi connectivity index (χ1) is 4.81. The van der Waals surface area contributed by atoms with Gasteiger partial charge in [0.2, 0.25) is 0 Å². The maximum Gasteiger partial charge on any atom is 0 e. The van der Waals surface area contributed by atoms with Crippen LogP contribution in [0.2, 0.25) is 0 Å². The van der Waals surface area contributed by atoms with Crippen molar-refractivity contribution < 1.29 is 52.1 Å². The predicted molar refractivity (Wildman–Crippen MR) is 56.1 cm³/mol. The first kappa shape index (κ1) is 29.2. The van der Waals surface area contributed by atoms with E-state index in [9.17, 15) is 0 Å². The molecule has 0 aliphatic rings. The molecule has 1 nitrogen and oxygen atoms in total. The minimum absolute atomic E-state index is 0. The summed E-state index contributed by atoms with van der Waals surface area (Å²) < 4.78 is 1.20. The zero-order chi connectivity index (χ0) is 8.41. The molecule has 0 heterocycles. The van der Waals surface area contributed by atoms with Gasteiger partial charge in [-0.2, -0.15) is 0 Å². The Balaban J connectivity index is -0.0000000398. The zero-order valence-electron chi connectivity index (χ0n) is 8.29. The molecule has 0 aliphatic heterocycles. The normalized spacial score (nSPS) is 6.38. The van der Waals surface area contributed by atoms with Gasteiger partial charge in [-0.25, -0.2) is 0 Å². The average molecular weight is 427 g/mol. The molecule has 13 heavy (non-hydrogen) atoms. The fourth-order valence-electron chi connectivity index (χ4n) is 0.188. The Morgan fingerprint density at radius 1 is 1.54 bits per heavy atom. The molecule has 0 rings (SSSR count). The van der Waals surface area contributed by atoms with Crippen LogP contribution >= 0.6 is 0 Å². The summed E-state index contributed by atoms with van der Waals surface area (Å²) in [7, 11) is 0. The van der Waals surface area contributed by atoms with Crippen LogP contribution in [-0.2, 0) is 52.1 Å². The van der Waals surface area contributed by atoms with Crippen molar-refractivity contribution in [3.05, 3.63) is 20.2 Å². The summed E-state index contributed by atoms with van der Waals surface area (Å²) >= 11 is 1.41. The summed E-state index contributed by atoms with van der Waals surface area (Å²) in [5.41, 5.74) is 0. The standard InChI is InChI=1S/C6H7N.C2H6.CH4.CH3.W.Y/c1-3-5-6-7-4-2;1-2;;;;/h2,4H,3H2,1H3;1-2H3;1H4;1H3;;/q-2;;;-1;;. The van der Waals surface area contributed by atoms with Crippen LogP contribution in [-0.4, -0.2) is 10.1 Å². The van der Waals surface area contributed by atoms with Gasteiger partial charge in [0.25, 0.3) is 0 Å². The van der Waals surface area contributed by atoms with E-state index in [1.54, 1.807) is 0 Å². The van der Waals surface area contributed by atoms with Gasteiger partial charge in [-0.1, -0.05) is 21.3 Å². The molecule has 0 aromatic rings. The van der Waals surface area contributed by atoms with Crippen LogP contribution in [0.3, 0.4) is 0 Å². The number of nitrogens with zero attached hydrogens (tertiary/aromatic N) is 1. The fourth-order valence-corrected chi connectivity index (χ4v) is 0.378. The summed E-state index contributed by atoms with van der Waals surface area (Å²) in [5.74, 6) is 0. The Kier molecular flexibility index (Phi) is 65.7. The van der Waals surface area contributed by atoms with Gasteiger partial charge < -0.3 is 7.43 Å². The van der Waals surface area contributed by atoms with Crippen LogP contribution in [0, 0.1) is 14.0 Å². The second kappa shape index (κ2) is 29.2. The molecule has 0 saturated heterocycles. The molecule has 0 aliphatic carbocycles. The van der Waals surface area contributed by atoms with Gasteiger partial charge in [0.1, 0.15) is 0 Å². The number of rotatable bonds is 3. The van der Waals surface area contributed by atoms with Gasteiger partial charge >= 0.3 is 60.6 Å². The third-order valence-corrected chi connectivity index (χ3v) is 1.95. The van der Waals surface area contributed by atoms with Crippen molar-refractivity contribution in [2.45, 2.75) is 34.6 Å². The van der Waals surface area contributed by atoms with Gasteiger partial charge in [-0.05, 0) is 0 Å². The average Bonchev–Trinajstić information content (AvgIpc) is 2.04. The van der Waals surface area contributed by atoms with Crippen LogP contribution in [0.4, 0.5) is 0 Å². The molecular formula is C10H20NWY-3. The number of hydrogen-bond donors (Lipinski definition) is 0. The van der Waals surface area contributed by atoms with E-state index in [0.717, 1.165) is 6.42 Å². The third kappa shape index (κ3) is 32.0. The SMILES string of the molecule is C.CC.[CH-]=CN=[C-][C](=[W])CC.[CH3-].[Y]. The number of aliphatic imine (C=N–C) groups is 1. The Hall–Kier alpha value is 1.07. The minimum atomic E-state index is 0. The van der Waals surface area contributed by atoms with Crippen molar-refractivity contribution in [1.29, 1.82) is 0 Å². The summed E-state index contributed by atoms with van der Waals surface area (Å²) in [4.78, 5) is 3.63. The van der Waals surface area contributed by atoms with Crippen LogP contribution in [0.5, 0.6) is 0 Å². The molecule has 77 valence electrons. The van der Waals surface area contributed by atoms with Crippen LogP contribution in [0.15, 0.2) is 11.2 Å². The van der Waals surface area contributed by atoms with Crippen molar-refractivity contribution in [2.75, 3.05) is 0 Å². The minimum Gasteiger partial charge on any atom is -0.358 e. The van der Waals surface area contributed by atoms with E-state index in [-0.39, 0.29) is 47.6 Å². The molecule has 0 aromatic heterocycles. The number of hydrogen-bond acceptors (Lipinski definition) is 1. The Labute approximate surface area is 121 Å². The van der Waals surface area contributed by atoms with Crippen molar-refractivity contribution in [3.63, 3.8) is 0 Å². The first-order valence-electron chi connectivity index (χ1n) is 3.33. The molecule has 1 radical (unpaired) electrons. The van der Waals surface area contributed by atoms with Crippen LogP contribution < -0.4 is 0 Å². The molecule has 0 fully saturated rings. The predicted octanol–water partition coefficient (Wildman–Crippen LogP) is 3.12. The summed E-state index contributed by atoms with van der Waals surface area (Å²) in [5, 5.41) is 0. The monoisotopic (exact) mass is 427 g/mol. The van der Waals surface area contributed by atoms with Crippen molar-refractivity contribution >= 4 is 10.1 Å². The molecule has 0 amide bonds. The van der Waals surface area contributed by atoms with E-state index in [0.29, 0.717) is 0 Å². The summed E-state index contributed by atoms with van der Waals surface area (Å²) in [6, 6.07) is 0. The van der Waals surface area contributed by atoms with E-state index < -0.39 is 0 Å². The fraction of sp³-hybridized carbons (Fsp3) is 0.500. The van der Waals surface area contributed by atoms with E-state index in [2.05, 4.69) is 18.1 Å². The molecule has 0 unspecified atom stereocenters. The van der Waals surface area contributed by atoms with Gasteiger partial charge in [0.05, 0.1) is 0 Å².